The van der Waals surface area contributed by atoms with Crippen LogP contribution in [0.25, 0.3) is 0 Å². The van der Waals surface area contributed by atoms with Crippen molar-refractivity contribution < 1.29 is 0 Å². The molecule has 0 bridgehead atoms. The highest BCUT2D eigenvalue weighted by molar-refractivity contribution is 5.36. The van der Waals surface area contributed by atoms with E-state index in [1.807, 2.05) is 0 Å². The first-order chi connectivity index (χ1) is 6.81. The Labute approximate surface area is 86.7 Å². The Balaban J connectivity index is 2.16. The molecule has 0 aliphatic heterocycles. The zero-order valence-electron chi connectivity index (χ0n) is 8.87. The van der Waals surface area contributed by atoms with E-state index in [4.69, 9.17) is 0 Å². The lowest BCUT2D eigenvalue weighted by Crippen LogP contribution is -2.12. The molecule has 0 fully saturated rings. The molecule has 0 atom stereocenters. The van der Waals surface area contributed by atoms with Gasteiger partial charge in [0.15, 0.2) is 0 Å². The summed E-state index contributed by atoms with van der Waals surface area (Å²) in [6, 6.07) is 0. The maximum absolute atomic E-state index is 2.43. The highest BCUT2D eigenvalue weighted by atomic mass is 14.3. The summed E-state index contributed by atoms with van der Waals surface area (Å²) in [6.45, 7) is 2.31. The second-order valence-corrected chi connectivity index (χ2v) is 4.32. The largest absolute Gasteiger partial charge is 0.0882 e. The average Bonchev–Trinajstić information content (AvgIpc) is 2.52. The molecule has 2 aliphatic carbocycles. The molecule has 0 saturated carbocycles. The van der Waals surface area contributed by atoms with E-state index in [0.29, 0.717) is 0 Å². The van der Waals surface area contributed by atoms with Crippen LogP contribution in [0.1, 0.15) is 32.6 Å². The smallest absolute Gasteiger partial charge is 0.0249 e. The van der Waals surface area contributed by atoms with Crippen LogP contribution in [0.4, 0.5) is 0 Å². The van der Waals surface area contributed by atoms with Crippen LogP contribution in [0, 0.1) is 5.41 Å². The molecule has 2 rings (SSSR count). The molecule has 0 spiro atoms. The highest BCUT2D eigenvalue weighted by Crippen LogP contribution is 2.37. The molecule has 0 amide bonds. The minimum absolute atomic E-state index is 0.213. The first kappa shape index (κ1) is 9.51. The minimum atomic E-state index is 0.213. The predicted molar refractivity (Wildman–Crippen MR) is 62.1 cm³/mol. The third kappa shape index (κ3) is 1.89. The van der Waals surface area contributed by atoms with Gasteiger partial charge in [-0.15, -0.1) is 0 Å². The van der Waals surface area contributed by atoms with E-state index in [0.717, 1.165) is 0 Å². The van der Waals surface area contributed by atoms with Crippen molar-refractivity contribution in [1.82, 2.24) is 0 Å². The van der Waals surface area contributed by atoms with Crippen LogP contribution in [0.5, 0.6) is 0 Å². The lowest BCUT2D eigenvalue weighted by molar-refractivity contribution is 0.624. The summed E-state index contributed by atoms with van der Waals surface area (Å²) in [4.78, 5) is 0. The van der Waals surface area contributed by atoms with E-state index in [1.165, 1.54) is 25.7 Å². The Morgan fingerprint density at radius 3 is 2.50 bits per heavy atom. The molecule has 0 aromatic carbocycles. The molecule has 14 heavy (non-hydrogen) atoms. The normalized spacial score (nSPS) is 24.5. The summed E-state index contributed by atoms with van der Waals surface area (Å²) in [5.41, 5.74) is 1.80. The van der Waals surface area contributed by atoms with Gasteiger partial charge in [0.1, 0.15) is 0 Å². The molecule has 2 aliphatic rings. The third-order valence-electron chi connectivity index (χ3n) is 3.16. The van der Waals surface area contributed by atoms with Crippen molar-refractivity contribution in [3.05, 3.63) is 48.1 Å². The van der Waals surface area contributed by atoms with E-state index >= 15 is 0 Å². The minimum Gasteiger partial charge on any atom is -0.0882 e. The molecule has 74 valence electrons. The first-order valence-electron chi connectivity index (χ1n) is 5.53. The SMILES string of the molecule is CC1(C2=CCCC=CCC2)C=CC=C1. The fraction of sp³-hybridized carbons (Fsp3) is 0.429. The summed E-state index contributed by atoms with van der Waals surface area (Å²) in [7, 11) is 0. The molecule has 0 N–H and O–H groups in total. The average molecular weight is 186 g/mol. The maximum atomic E-state index is 2.43. The lowest BCUT2D eigenvalue weighted by Gasteiger charge is -2.24. The van der Waals surface area contributed by atoms with Gasteiger partial charge in [0.05, 0.1) is 0 Å². The second-order valence-electron chi connectivity index (χ2n) is 4.32. The zero-order valence-corrected chi connectivity index (χ0v) is 8.87. The zero-order chi connectivity index (χ0) is 9.86. The van der Waals surface area contributed by atoms with Crippen LogP contribution in [0.3, 0.4) is 0 Å². The second kappa shape index (κ2) is 4.00. The Morgan fingerprint density at radius 1 is 1.00 bits per heavy atom. The molecular weight excluding hydrogens is 168 g/mol. The summed E-state index contributed by atoms with van der Waals surface area (Å²) < 4.78 is 0. The molecule has 0 saturated heterocycles. The Morgan fingerprint density at radius 2 is 1.71 bits per heavy atom. The van der Waals surface area contributed by atoms with Gasteiger partial charge in [-0.1, -0.05) is 48.1 Å². The molecule has 0 heteroatoms. The summed E-state index contributed by atoms with van der Waals surface area (Å²) in [6.07, 6.45) is 20.8. The number of hydrogen-bond donors (Lipinski definition) is 0. The van der Waals surface area contributed by atoms with Gasteiger partial charge >= 0.3 is 0 Å². The van der Waals surface area contributed by atoms with Gasteiger partial charge in [-0.05, 0) is 32.6 Å². The highest BCUT2D eigenvalue weighted by Gasteiger charge is 2.23. The maximum Gasteiger partial charge on any atom is 0.0249 e. The van der Waals surface area contributed by atoms with Crippen molar-refractivity contribution in [1.29, 1.82) is 0 Å². The quantitative estimate of drug-likeness (QED) is 0.539. The molecule has 0 radical (unpaired) electrons. The van der Waals surface area contributed by atoms with Crippen molar-refractivity contribution in [2.24, 2.45) is 5.41 Å². The molecule has 0 aromatic rings. The third-order valence-corrected chi connectivity index (χ3v) is 3.16. The van der Waals surface area contributed by atoms with Crippen molar-refractivity contribution in [2.75, 3.05) is 0 Å². The van der Waals surface area contributed by atoms with E-state index < -0.39 is 0 Å². The van der Waals surface area contributed by atoms with Crippen molar-refractivity contribution in [3.63, 3.8) is 0 Å². The molecule has 0 aromatic heterocycles. The van der Waals surface area contributed by atoms with Gasteiger partial charge < -0.3 is 0 Å². The standard InChI is InChI=1S/C14H18/c1-14(11-7-8-12-14)13-9-5-3-2-4-6-10-13/h2-3,7-8,10-12H,4-6,9H2,1H3. The lowest BCUT2D eigenvalue weighted by atomic mass is 9.80. The van der Waals surface area contributed by atoms with Gasteiger partial charge in [0.25, 0.3) is 0 Å². The van der Waals surface area contributed by atoms with Crippen LogP contribution >= 0.6 is 0 Å². The fourth-order valence-electron chi connectivity index (χ4n) is 2.20. The van der Waals surface area contributed by atoms with Gasteiger partial charge in [0, 0.05) is 5.41 Å². The first-order valence-corrected chi connectivity index (χ1v) is 5.53. The van der Waals surface area contributed by atoms with Crippen LogP contribution in [-0.4, -0.2) is 0 Å². The van der Waals surface area contributed by atoms with Crippen LogP contribution in [-0.2, 0) is 0 Å². The Kier molecular flexibility index (Phi) is 2.72. The Hall–Kier alpha value is -1.04. The van der Waals surface area contributed by atoms with E-state index in [1.54, 1.807) is 5.57 Å². The number of rotatable bonds is 1. The fourth-order valence-corrected chi connectivity index (χ4v) is 2.20. The summed E-state index contributed by atoms with van der Waals surface area (Å²) >= 11 is 0. The van der Waals surface area contributed by atoms with E-state index in [-0.39, 0.29) is 5.41 Å². The van der Waals surface area contributed by atoms with Gasteiger partial charge in [-0.3, -0.25) is 0 Å². The van der Waals surface area contributed by atoms with Gasteiger partial charge in [0.2, 0.25) is 0 Å². The van der Waals surface area contributed by atoms with Crippen LogP contribution < -0.4 is 0 Å². The molecular formula is C14H18. The van der Waals surface area contributed by atoms with Gasteiger partial charge in [-0.2, -0.15) is 0 Å². The van der Waals surface area contributed by atoms with Gasteiger partial charge in [-0.25, -0.2) is 0 Å². The number of allylic oxidation sites excluding steroid dienone is 8. The predicted octanol–water partition coefficient (Wildman–Crippen LogP) is 4.18. The van der Waals surface area contributed by atoms with Crippen LogP contribution in [0.2, 0.25) is 0 Å². The molecule has 0 nitrogen and oxygen atoms in total. The van der Waals surface area contributed by atoms with Crippen LogP contribution in [0.15, 0.2) is 48.1 Å². The Bertz CT molecular complexity index is 301. The van der Waals surface area contributed by atoms with Crippen molar-refractivity contribution in [3.8, 4) is 0 Å². The monoisotopic (exact) mass is 186 g/mol. The van der Waals surface area contributed by atoms with E-state index in [2.05, 4.69) is 49.5 Å². The summed E-state index contributed by atoms with van der Waals surface area (Å²) in [5.74, 6) is 0. The number of hydrogen-bond acceptors (Lipinski definition) is 0. The summed E-state index contributed by atoms with van der Waals surface area (Å²) in [5, 5.41) is 0. The topological polar surface area (TPSA) is 0 Å². The van der Waals surface area contributed by atoms with Crippen molar-refractivity contribution in [2.45, 2.75) is 32.6 Å². The molecule has 0 unspecified atom stereocenters. The van der Waals surface area contributed by atoms with E-state index in [9.17, 15) is 0 Å². The molecule has 0 heterocycles. The van der Waals surface area contributed by atoms with Crippen molar-refractivity contribution >= 4 is 0 Å².